The third-order valence-electron chi connectivity index (χ3n) is 3.92. The second-order valence-electron chi connectivity index (χ2n) is 5.62. The van der Waals surface area contributed by atoms with Crippen molar-refractivity contribution in [2.75, 3.05) is 7.11 Å². The first-order chi connectivity index (χ1) is 12.5. The largest absolute Gasteiger partial charge is 0.463 e. The molecule has 1 aliphatic rings. The molecule has 0 aliphatic carbocycles. The average Bonchev–Trinajstić information content (AvgIpc) is 3.22. The van der Waals surface area contributed by atoms with E-state index in [1.165, 1.54) is 18.7 Å². The molecule has 1 aliphatic heterocycles. The van der Waals surface area contributed by atoms with Crippen molar-refractivity contribution >= 4 is 35.0 Å². The highest BCUT2D eigenvalue weighted by atomic mass is 32.2. The summed E-state index contributed by atoms with van der Waals surface area (Å²) in [5.74, 6) is -0.626. The Kier molecular flexibility index (Phi) is 5.27. The average molecular weight is 371 g/mol. The highest BCUT2D eigenvalue weighted by molar-refractivity contribution is 8.18. The Morgan fingerprint density at radius 2 is 1.92 bits per heavy atom. The lowest BCUT2D eigenvalue weighted by atomic mass is 10.1. The van der Waals surface area contributed by atoms with Crippen LogP contribution in [0.5, 0.6) is 0 Å². The van der Waals surface area contributed by atoms with Crippen LogP contribution in [-0.4, -0.2) is 29.1 Å². The number of thioether (sulfide) groups is 1. The molecular formula is C19H17NO5S. The zero-order chi connectivity index (χ0) is 18.7. The third-order valence-corrected chi connectivity index (χ3v) is 4.83. The standard InChI is InChI=1S/C19H17NO5S/c1-3-12-4-6-13(7-5-12)10-16-17(21)20(19(23)26-16)11-14-8-9-15(25-14)18(22)24-2/h4-10H,3,11H2,1-2H3. The van der Waals surface area contributed by atoms with Gasteiger partial charge < -0.3 is 9.15 Å². The van der Waals surface area contributed by atoms with Crippen LogP contribution in [-0.2, 0) is 22.5 Å². The number of rotatable bonds is 5. The lowest BCUT2D eigenvalue weighted by molar-refractivity contribution is -0.123. The summed E-state index contributed by atoms with van der Waals surface area (Å²) in [5, 5.41) is -0.373. The zero-order valence-electron chi connectivity index (χ0n) is 14.4. The molecule has 1 saturated heterocycles. The fourth-order valence-corrected chi connectivity index (χ4v) is 3.30. The van der Waals surface area contributed by atoms with Gasteiger partial charge in [-0.15, -0.1) is 0 Å². The second kappa shape index (κ2) is 7.61. The van der Waals surface area contributed by atoms with Gasteiger partial charge in [-0.05, 0) is 47.5 Å². The van der Waals surface area contributed by atoms with Crippen molar-refractivity contribution in [2.24, 2.45) is 0 Å². The van der Waals surface area contributed by atoms with Crippen LogP contribution in [0.15, 0.2) is 45.7 Å². The highest BCUT2D eigenvalue weighted by Gasteiger charge is 2.35. The quantitative estimate of drug-likeness (QED) is 0.587. The zero-order valence-corrected chi connectivity index (χ0v) is 15.2. The Balaban J connectivity index is 1.75. The molecule has 0 radical (unpaired) electrons. The number of carbonyl (C=O) groups excluding carboxylic acids is 3. The minimum absolute atomic E-state index is 0.0287. The SMILES string of the molecule is CCc1ccc(C=C2SC(=O)N(Cc3ccc(C(=O)OC)o3)C2=O)cc1. The number of nitrogens with zero attached hydrogens (tertiary/aromatic N) is 1. The Bertz CT molecular complexity index is 882. The molecule has 7 heteroatoms. The summed E-state index contributed by atoms with van der Waals surface area (Å²) < 4.78 is 9.89. The number of esters is 1. The number of methoxy groups -OCH3 is 1. The lowest BCUT2D eigenvalue weighted by Crippen LogP contribution is -2.27. The van der Waals surface area contributed by atoms with Gasteiger partial charge in [-0.1, -0.05) is 31.2 Å². The van der Waals surface area contributed by atoms with E-state index in [4.69, 9.17) is 4.42 Å². The van der Waals surface area contributed by atoms with Crippen LogP contribution in [0.3, 0.4) is 0 Å². The molecule has 26 heavy (non-hydrogen) atoms. The van der Waals surface area contributed by atoms with Crippen molar-refractivity contribution in [2.45, 2.75) is 19.9 Å². The van der Waals surface area contributed by atoms with Crippen molar-refractivity contribution in [3.8, 4) is 0 Å². The van der Waals surface area contributed by atoms with Gasteiger partial charge in [-0.2, -0.15) is 0 Å². The van der Waals surface area contributed by atoms with Crippen LogP contribution in [0.25, 0.3) is 6.08 Å². The first-order valence-electron chi connectivity index (χ1n) is 8.03. The van der Waals surface area contributed by atoms with E-state index >= 15 is 0 Å². The molecule has 2 amide bonds. The summed E-state index contributed by atoms with van der Waals surface area (Å²) in [5.41, 5.74) is 2.06. The van der Waals surface area contributed by atoms with E-state index in [-0.39, 0.29) is 23.5 Å². The van der Waals surface area contributed by atoms with Crippen LogP contribution in [0.1, 0.15) is 34.4 Å². The number of ether oxygens (including phenoxy) is 1. The van der Waals surface area contributed by atoms with Crippen molar-refractivity contribution in [3.05, 3.63) is 64.0 Å². The van der Waals surface area contributed by atoms with Gasteiger partial charge in [0.05, 0.1) is 18.6 Å². The fraction of sp³-hybridized carbons (Fsp3) is 0.211. The molecule has 0 N–H and O–H groups in total. The van der Waals surface area contributed by atoms with E-state index in [0.717, 1.165) is 28.6 Å². The second-order valence-corrected chi connectivity index (χ2v) is 6.61. The molecule has 2 heterocycles. The first kappa shape index (κ1) is 18.0. The Morgan fingerprint density at radius 3 is 2.58 bits per heavy atom. The molecule has 1 fully saturated rings. The van der Waals surface area contributed by atoms with E-state index in [2.05, 4.69) is 11.7 Å². The molecule has 3 rings (SSSR count). The van der Waals surface area contributed by atoms with E-state index in [9.17, 15) is 14.4 Å². The molecule has 0 atom stereocenters. The van der Waals surface area contributed by atoms with E-state index in [0.29, 0.717) is 10.7 Å². The summed E-state index contributed by atoms with van der Waals surface area (Å²) in [7, 11) is 1.25. The molecular weight excluding hydrogens is 354 g/mol. The molecule has 0 unspecified atom stereocenters. The molecule has 0 spiro atoms. The number of hydrogen-bond donors (Lipinski definition) is 0. The van der Waals surface area contributed by atoms with Crippen LogP contribution in [0.2, 0.25) is 0 Å². The third kappa shape index (κ3) is 3.72. The predicted molar refractivity (Wildman–Crippen MR) is 97.4 cm³/mol. The number of furan rings is 1. The van der Waals surface area contributed by atoms with Gasteiger partial charge in [0.1, 0.15) is 5.76 Å². The van der Waals surface area contributed by atoms with Gasteiger partial charge in [-0.25, -0.2) is 4.79 Å². The lowest BCUT2D eigenvalue weighted by Gasteiger charge is -2.09. The maximum absolute atomic E-state index is 12.5. The maximum atomic E-state index is 12.5. The smallest absolute Gasteiger partial charge is 0.373 e. The number of imide groups is 1. The van der Waals surface area contributed by atoms with E-state index in [1.807, 2.05) is 24.3 Å². The van der Waals surface area contributed by atoms with Crippen molar-refractivity contribution in [1.82, 2.24) is 4.90 Å². The van der Waals surface area contributed by atoms with E-state index < -0.39 is 5.97 Å². The summed E-state index contributed by atoms with van der Waals surface area (Å²) in [6.07, 6.45) is 2.64. The Labute approximate surface area is 154 Å². The molecule has 6 nitrogen and oxygen atoms in total. The monoisotopic (exact) mass is 371 g/mol. The number of amides is 2. The van der Waals surface area contributed by atoms with Crippen LogP contribution >= 0.6 is 11.8 Å². The summed E-state index contributed by atoms with van der Waals surface area (Å²) >= 11 is 0.889. The minimum atomic E-state index is -0.610. The van der Waals surface area contributed by atoms with Crippen LogP contribution < -0.4 is 0 Å². The van der Waals surface area contributed by atoms with Gasteiger partial charge in [0, 0.05) is 0 Å². The molecule has 0 bridgehead atoms. The van der Waals surface area contributed by atoms with Crippen LogP contribution in [0, 0.1) is 0 Å². The number of benzene rings is 1. The van der Waals surface area contributed by atoms with Crippen molar-refractivity contribution < 1.29 is 23.5 Å². The summed E-state index contributed by atoms with van der Waals surface area (Å²) in [6.45, 7) is 2.04. The normalized spacial score (nSPS) is 15.8. The highest BCUT2D eigenvalue weighted by Crippen LogP contribution is 2.33. The van der Waals surface area contributed by atoms with E-state index in [1.54, 1.807) is 12.1 Å². The Morgan fingerprint density at radius 1 is 1.19 bits per heavy atom. The Hall–Kier alpha value is -2.80. The summed E-state index contributed by atoms with van der Waals surface area (Å²) in [6, 6.07) is 10.8. The molecule has 0 saturated carbocycles. The maximum Gasteiger partial charge on any atom is 0.373 e. The predicted octanol–water partition coefficient (Wildman–Crippen LogP) is 3.87. The number of hydrogen-bond acceptors (Lipinski definition) is 6. The topological polar surface area (TPSA) is 76.8 Å². The minimum Gasteiger partial charge on any atom is -0.463 e. The summed E-state index contributed by atoms with van der Waals surface area (Å²) in [4.78, 5) is 37.6. The molecule has 134 valence electrons. The van der Waals surface area contributed by atoms with Gasteiger partial charge in [-0.3, -0.25) is 14.5 Å². The number of carbonyl (C=O) groups is 3. The molecule has 1 aromatic heterocycles. The van der Waals surface area contributed by atoms with Crippen LogP contribution in [0.4, 0.5) is 4.79 Å². The fourth-order valence-electron chi connectivity index (χ4n) is 2.47. The van der Waals surface area contributed by atoms with Gasteiger partial charge in [0.25, 0.3) is 11.1 Å². The first-order valence-corrected chi connectivity index (χ1v) is 8.84. The number of aryl methyl sites for hydroxylation is 1. The molecule has 2 aromatic rings. The molecule has 1 aromatic carbocycles. The van der Waals surface area contributed by atoms with Gasteiger partial charge >= 0.3 is 5.97 Å². The van der Waals surface area contributed by atoms with Gasteiger partial charge in [0.2, 0.25) is 5.76 Å². The van der Waals surface area contributed by atoms with Gasteiger partial charge in [0.15, 0.2) is 0 Å². The van der Waals surface area contributed by atoms with Crippen molar-refractivity contribution in [1.29, 1.82) is 0 Å². The van der Waals surface area contributed by atoms with Crippen molar-refractivity contribution in [3.63, 3.8) is 0 Å².